The lowest BCUT2D eigenvalue weighted by Gasteiger charge is -2.37. The van der Waals surface area contributed by atoms with Gasteiger partial charge in [-0.05, 0) is 42.2 Å². The van der Waals surface area contributed by atoms with Crippen LogP contribution in [0.25, 0.3) is 6.08 Å². The molecule has 3 aliphatic heterocycles. The molecule has 0 bridgehead atoms. The minimum absolute atomic E-state index is 0.0402. The van der Waals surface area contributed by atoms with Gasteiger partial charge in [0.25, 0.3) is 0 Å². The van der Waals surface area contributed by atoms with Gasteiger partial charge in [0.05, 0.1) is 24.1 Å². The molecule has 1 saturated carbocycles. The number of carbonyl (C=O) groups excluding carboxylic acids is 3. The van der Waals surface area contributed by atoms with E-state index in [-0.39, 0.29) is 35.4 Å². The number of furan rings is 1. The van der Waals surface area contributed by atoms with Gasteiger partial charge in [-0.25, -0.2) is 0 Å². The fourth-order valence-electron chi connectivity index (χ4n) is 6.14. The number of nitrogens with zero attached hydrogens (tertiary/aromatic N) is 2. The molecule has 6 heteroatoms. The Bertz CT molecular complexity index is 1080. The largest absolute Gasteiger partial charge is 0.461 e. The molecule has 1 aromatic carbocycles. The lowest BCUT2D eigenvalue weighted by molar-refractivity contribution is -0.144. The maximum Gasteiger partial charge on any atom is 0.236 e. The number of ketones is 1. The van der Waals surface area contributed by atoms with E-state index in [9.17, 15) is 14.4 Å². The van der Waals surface area contributed by atoms with Crippen LogP contribution in [0.1, 0.15) is 59.8 Å². The van der Waals surface area contributed by atoms with Gasteiger partial charge in [-0.1, -0.05) is 43.5 Å². The fourth-order valence-corrected chi connectivity index (χ4v) is 6.14. The number of benzene rings is 1. The summed E-state index contributed by atoms with van der Waals surface area (Å²) in [5, 5.41) is 0. The predicted molar refractivity (Wildman–Crippen MR) is 113 cm³/mol. The van der Waals surface area contributed by atoms with Gasteiger partial charge in [-0.3, -0.25) is 19.3 Å². The average Bonchev–Trinajstić information content (AvgIpc) is 3.50. The molecule has 6 rings (SSSR count). The molecule has 31 heavy (non-hydrogen) atoms. The van der Waals surface area contributed by atoms with Gasteiger partial charge < -0.3 is 9.32 Å². The zero-order valence-electron chi connectivity index (χ0n) is 17.1. The van der Waals surface area contributed by atoms with Gasteiger partial charge in [0.15, 0.2) is 5.76 Å². The zero-order chi connectivity index (χ0) is 21.1. The van der Waals surface area contributed by atoms with Gasteiger partial charge in [0.2, 0.25) is 17.6 Å². The minimum Gasteiger partial charge on any atom is -0.461 e. The number of fused-ring (bicyclic) bond motifs is 5. The van der Waals surface area contributed by atoms with E-state index >= 15 is 0 Å². The van der Waals surface area contributed by atoms with E-state index in [2.05, 4.69) is 0 Å². The molecule has 1 unspecified atom stereocenters. The van der Waals surface area contributed by atoms with Crippen molar-refractivity contribution < 1.29 is 18.8 Å². The molecule has 0 radical (unpaired) electrons. The Labute approximate surface area is 180 Å². The highest BCUT2D eigenvalue weighted by Gasteiger charge is 2.65. The molecule has 3 fully saturated rings. The molecular weight excluding hydrogens is 392 g/mol. The predicted octanol–water partition coefficient (Wildman–Crippen LogP) is 3.81. The van der Waals surface area contributed by atoms with Gasteiger partial charge >= 0.3 is 0 Å². The molecule has 158 valence electrons. The zero-order valence-corrected chi connectivity index (χ0v) is 17.1. The topological polar surface area (TPSA) is 70.8 Å². The highest BCUT2D eigenvalue weighted by atomic mass is 16.3. The van der Waals surface area contributed by atoms with E-state index in [1.54, 1.807) is 12.1 Å². The maximum absolute atomic E-state index is 13.7. The molecule has 1 aliphatic carbocycles. The van der Waals surface area contributed by atoms with Crippen LogP contribution in [0.15, 0.2) is 53.3 Å². The van der Waals surface area contributed by atoms with Crippen molar-refractivity contribution >= 4 is 23.7 Å². The molecule has 0 spiro atoms. The van der Waals surface area contributed by atoms with Crippen molar-refractivity contribution in [2.75, 3.05) is 0 Å². The van der Waals surface area contributed by atoms with E-state index in [0.29, 0.717) is 0 Å². The Kier molecular flexibility index (Phi) is 4.16. The second-order valence-corrected chi connectivity index (χ2v) is 9.01. The van der Waals surface area contributed by atoms with Gasteiger partial charge in [-0.2, -0.15) is 0 Å². The summed E-state index contributed by atoms with van der Waals surface area (Å²) in [6.45, 7) is 0. The number of carbonyl (C=O) groups is 3. The second kappa shape index (κ2) is 6.94. The lowest BCUT2D eigenvalue weighted by atomic mass is 9.84. The van der Waals surface area contributed by atoms with Gasteiger partial charge in [0, 0.05) is 12.2 Å². The third kappa shape index (κ3) is 2.60. The van der Waals surface area contributed by atoms with Gasteiger partial charge in [0.1, 0.15) is 6.04 Å². The third-order valence-electron chi connectivity index (χ3n) is 7.47. The highest BCUT2D eigenvalue weighted by molar-refractivity contribution is 6.11. The van der Waals surface area contributed by atoms with Crippen molar-refractivity contribution in [1.82, 2.24) is 9.80 Å². The molecule has 1 aromatic heterocycles. The van der Waals surface area contributed by atoms with Gasteiger partial charge in [-0.15, -0.1) is 0 Å². The Balaban J connectivity index is 1.47. The van der Waals surface area contributed by atoms with E-state index in [4.69, 9.17) is 4.42 Å². The molecule has 4 aliphatic rings. The second-order valence-electron chi connectivity index (χ2n) is 9.01. The van der Waals surface area contributed by atoms with E-state index in [1.807, 2.05) is 41.4 Å². The summed E-state index contributed by atoms with van der Waals surface area (Å²) in [5.41, 5.74) is 2.03. The Morgan fingerprint density at radius 1 is 0.935 bits per heavy atom. The van der Waals surface area contributed by atoms with Crippen LogP contribution in [0.2, 0.25) is 0 Å². The number of likely N-dealkylation sites (tertiary alicyclic amines) is 1. The SMILES string of the molecule is O=C(c1ccco1)[C@@H]1[C@@H]2C(=O)N(C3CCCCC3)C(=O)[C@@H]2C2c3ccccc3C=CN21. The summed E-state index contributed by atoms with van der Waals surface area (Å²) in [6, 6.07) is 10.1. The summed E-state index contributed by atoms with van der Waals surface area (Å²) < 4.78 is 5.40. The monoisotopic (exact) mass is 416 g/mol. The lowest BCUT2D eigenvalue weighted by Crippen LogP contribution is -2.47. The maximum atomic E-state index is 13.7. The normalized spacial score (nSPS) is 29.8. The number of hydrogen-bond donors (Lipinski definition) is 0. The van der Waals surface area contributed by atoms with Crippen molar-refractivity contribution in [2.45, 2.75) is 50.2 Å². The van der Waals surface area contributed by atoms with Crippen LogP contribution in [0.4, 0.5) is 0 Å². The summed E-state index contributed by atoms with van der Waals surface area (Å²) in [5.74, 6) is -1.55. The first-order chi connectivity index (χ1) is 15.2. The molecule has 4 heterocycles. The van der Waals surface area contributed by atoms with Crippen molar-refractivity contribution in [2.24, 2.45) is 11.8 Å². The average molecular weight is 416 g/mol. The van der Waals surface area contributed by atoms with Crippen LogP contribution < -0.4 is 0 Å². The molecule has 4 atom stereocenters. The van der Waals surface area contributed by atoms with Crippen molar-refractivity contribution in [1.29, 1.82) is 0 Å². The van der Waals surface area contributed by atoms with E-state index in [1.165, 1.54) is 11.2 Å². The van der Waals surface area contributed by atoms with E-state index < -0.39 is 17.9 Å². The first-order valence-electron chi connectivity index (χ1n) is 11.2. The number of rotatable bonds is 3. The van der Waals surface area contributed by atoms with Crippen molar-refractivity contribution in [3.05, 3.63) is 65.7 Å². The smallest absolute Gasteiger partial charge is 0.236 e. The summed E-state index contributed by atoms with van der Waals surface area (Å²) in [6.07, 6.45) is 10.2. The van der Waals surface area contributed by atoms with E-state index in [0.717, 1.165) is 43.2 Å². The van der Waals surface area contributed by atoms with Crippen LogP contribution in [-0.2, 0) is 9.59 Å². The minimum atomic E-state index is -0.740. The summed E-state index contributed by atoms with van der Waals surface area (Å²) in [4.78, 5) is 44.4. The van der Waals surface area contributed by atoms with Crippen LogP contribution in [0, 0.1) is 11.8 Å². The highest BCUT2D eigenvalue weighted by Crippen LogP contribution is 2.53. The summed E-state index contributed by atoms with van der Waals surface area (Å²) in [7, 11) is 0. The number of Topliss-reactive ketones (excluding diaryl/α,β-unsaturated/α-hetero) is 1. The number of imide groups is 1. The van der Waals surface area contributed by atoms with Crippen molar-refractivity contribution in [3.63, 3.8) is 0 Å². The van der Waals surface area contributed by atoms with Crippen molar-refractivity contribution in [3.8, 4) is 0 Å². The quantitative estimate of drug-likeness (QED) is 0.562. The molecular formula is C25H24N2O4. The van der Waals surface area contributed by atoms with Crippen LogP contribution in [0.5, 0.6) is 0 Å². The van der Waals surface area contributed by atoms with Crippen LogP contribution >= 0.6 is 0 Å². The molecule has 6 nitrogen and oxygen atoms in total. The van der Waals surface area contributed by atoms with Crippen LogP contribution in [-0.4, -0.2) is 39.5 Å². The summed E-state index contributed by atoms with van der Waals surface area (Å²) >= 11 is 0. The fraction of sp³-hybridized carbons (Fsp3) is 0.400. The standard InChI is InChI=1S/C25H24N2O4/c28-23(18-11-6-14-31-18)22-20-19(21-17-10-5-4-7-15(17)12-13-26(21)22)24(29)27(25(20)30)16-8-2-1-3-9-16/h4-7,10-14,16,19-22H,1-3,8-9H2/t19-,20+,21?,22-/m0/s1. The van der Waals surface area contributed by atoms with Crippen LogP contribution in [0.3, 0.4) is 0 Å². The molecule has 2 aromatic rings. The molecule has 2 amide bonds. The number of hydrogen-bond acceptors (Lipinski definition) is 5. The Morgan fingerprint density at radius 2 is 1.71 bits per heavy atom. The first-order valence-corrected chi connectivity index (χ1v) is 11.2. The third-order valence-corrected chi connectivity index (χ3v) is 7.47. The number of amides is 2. The Hall–Kier alpha value is -3.15. The molecule has 2 saturated heterocycles. The Morgan fingerprint density at radius 3 is 2.48 bits per heavy atom. The molecule has 0 N–H and O–H groups in total. The first kappa shape index (κ1) is 18.6.